The first-order valence-electron chi connectivity index (χ1n) is 10.4. The molecule has 2 N–H and O–H groups in total. The van der Waals surface area contributed by atoms with Gasteiger partial charge < -0.3 is 25.0 Å². The van der Waals surface area contributed by atoms with Crippen molar-refractivity contribution < 1.29 is 19.4 Å². The number of hydrogen-bond acceptors (Lipinski definition) is 6. The summed E-state index contributed by atoms with van der Waals surface area (Å²) in [6.07, 6.45) is 2.97. The van der Waals surface area contributed by atoms with E-state index in [4.69, 9.17) is 4.74 Å². The van der Waals surface area contributed by atoms with Gasteiger partial charge in [0.2, 0.25) is 0 Å². The van der Waals surface area contributed by atoms with Crippen molar-refractivity contribution in [3.05, 3.63) is 53.9 Å². The van der Waals surface area contributed by atoms with Crippen molar-refractivity contribution >= 4 is 17.5 Å². The van der Waals surface area contributed by atoms with E-state index in [1.165, 1.54) is 0 Å². The van der Waals surface area contributed by atoms with E-state index < -0.39 is 0 Å². The molecular weight excluding hydrogens is 396 g/mol. The van der Waals surface area contributed by atoms with Crippen LogP contribution >= 0.6 is 0 Å². The van der Waals surface area contributed by atoms with Crippen LogP contribution in [0.3, 0.4) is 0 Å². The number of hydrogen-bond donors (Lipinski definition) is 2. The maximum atomic E-state index is 13.4. The lowest BCUT2D eigenvalue weighted by atomic mass is 9.99. The molecule has 0 saturated heterocycles. The number of nitrogens with one attached hydrogen (secondary N) is 1. The molecule has 2 aromatic rings. The minimum Gasteiger partial charge on any atom is -0.488 e. The summed E-state index contributed by atoms with van der Waals surface area (Å²) in [5, 5.41) is 12.5. The molecule has 0 spiro atoms. The van der Waals surface area contributed by atoms with E-state index in [1.54, 1.807) is 47.6 Å². The Hall–Kier alpha value is -2.97. The molecule has 3 rings (SSSR count). The number of pyridine rings is 1. The number of carbonyl (C=O) groups excluding carboxylic acids is 2. The predicted octanol–water partition coefficient (Wildman–Crippen LogP) is 2.12. The number of anilines is 1. The van der Waals surface area contributed by atoms with Gasteiger partial charge >= 0.3 is 0 Å². The zero-order valence-electron chi connectivity index (χ0n) is 18.4. The van der Waals surface area contributed by atoms with Crippen LogP contribution < -0.4 is 10.1 Å². The summed E-state index contributed by atoms with van der Waals surface area (Å²) in [4.78, 5) is 33.5. The van der Waals surface area contributed by atoms with E-state index in [-0.39, 0.29) is 36.5 Å². The Morgan fingerprint density at radius 1 is 1.32 bits per heavy atom. The third kappa shape index (κ3) is 5.39. The molecule has 1 aliphatic heterocycles. The lowest BCUT2D eigenvalue weighted by Crippen LogP contribution is -2.49. The average molecular weight is 427 g/mol. The van der Waals surface area contributed by atoms with Crippen molar-refractivity contribution in [1.82, 2.24) is 14.8 Å². The molecule has 166 valence electrons. The largest absolute Gasteiger partial charge is 0.488 e. The SMILES string of the molecule is C[C@H]1CN([C@@H](C)CO)C(=O)c2cc(NC(=O)c3ccncc3)ccc2O[C@@H]1CN(C)C. The standard InChI is InChI=1S/C23H30N4O4/c1-15-12-27(16(2)14-28)23(30)19-11-18(25-22(29)17-7-9-24-10-8-17)5-6-20(19)31-21(15)13-26(3)4/h5-11,15-16,21,28H,12-14H2,1-4H3,(H,25,29)/t15-,16-,21+/m0/s1. The number of aliphatic hydroxyl groups is 1. The highest BCUT2D eigenvalue weighted by atomic mass is 16.5. The number of likely N-dealkylation sites (N-methyl/N-ethyl adjacent to an activating group) is 1. The average Bonchev–Trinajstić information content (AvgIpc) is 2.76. The van der Waals surface area contributed by atoms with Crippen LogP contribution in [0.15, 0.2) is 42.7 Å². The highest BCUT2D eigenvalue weighted by Crippen LogP contribution is 2.30. The normalized spacial score (nSPS) is 19.8. The Labute approximate surface area is 182 Å². The molecule has 31 heavy (non-hydrogen) atoms. The Morgan fingerprint density at radius 2 is 2.03 bits per heavy atom. The molecule has 3 atom stereocenters. The van der Waals surface area contributed by atoms with E-state index in [1.807, 2.05) is 32.8 Å². The van der Waals surface area contributed by atoms with Crippen molar-refractivity contribution in [2.24, 2.45) is 5.92 Å². The van der Waals surface area contributed by atoms with Crippen molar-refractivity contribution in [2.75, 3.05) is 39.1 Å². The molecule has 0 radical (unpaired) electrons. The van der Waals surface area contributed by atoms with Crippen LogP contribution in [0.25, 0.3) is 0 Å². The summed E-state index contributed by atoms with van der Waals surface area (Å²) in [5.41, 5.74) is 1.33. The predicted molar refractivity (Wildman–Crippen MR) is 118 cm³/mol. The molecule has 0 bridgehead atoms. The summed E-state index contributed by atoms with van der Waals surface area (Å²) in [6, 6.07) is 7.99. The van der Waals surface area contributed by atoms with E-state index in [2.05, 4.69) is 10.3 Å². The minimum atomic E-state index is -0.337. The fraction of sp³-hybridized carbons (Fsp3) is 0.435. The first kappa shape index (κ1) is 22.7. The van der Waals surface area contributed by atoms with Crippen LogP contribution in [0.5, 0.6) is 5.75 Å². The monoisotopic (exact) mass is 426 g/mol. The van der Waals surface area contributed by atoms with Gasteiger partial charge in [0.15, 0.2) is 0 Å². The summed E-state index contributed by atoms with van der Waals surface area (Å²) in [6.45, 7) is 4.89. The van der Waals surface area contributed by atoms with E-state index in [0.29, 0.717) is 35.7 Å². The number of aromatic nitrogens is 1. The quantitative estimate of drug-likeness (QED) is 0.735. The Morgan fingerprint density at radius 3 is 2.68 bits per heavy atom. The Kier molecular flexibility index (Phi) is 7.25. The van der Waals surface area contributed by atoms with Crippen LogP contribution in [0.1, 0.15) is 34.6 Å². The van der Waals surface area contributed by atoms with Gasteiger partial charge in [-0.2, -0.15) is 0 Å². The van der Waals surface area contributed by atoms with Crippen molar-refractivity contribution in [1.29, 1.82) is 0 Å². The van der Waals surface area contributed by atoms with Crippen molar-refractivity contribution in [2.45, 2.75) is 26.0 Å². The second-order valence-corrected chi connectivity index (χ2v) is 8.29. The molecule has 1 aromatic carbocycles. The van der Waals surface area contributed by atoms with Gasteiger partial charge in [0.25, 0.3) is 11.8 Å². The molecule has 2 heterocycles. The van der Waals surface area contributed by atoms with Crippen molar-refractivity contribution in [3.63, 3.8) is 0 Å². The molecule has 0 fully saturated rings. The first-order chi connectivity index (χ1) is 14.8. The van der Waals surface area contributed by atoms with Crippen LogP contribution in [-0.2, 0) is 0 Å². The summed E-state index contributed by atoms with van der Waals surface area (Å²) >= 11 is 0. The molecular formula is C23H30N4O4. The maximum Gasteiger partial charge on any atom is 0.258 e. The summed E-state index contributed by atoms with van der Waals surface area (Å²) < 4.78 is 6.26. The van der Waals surface area contributed by atoms with Crippen LogP contribution in [0.4, 0.5) is 5.69 Å². The van der Waals surface area contributed by atoms with Gasteiger partial charge in [-0.1, -0.05) is 6.92 Å². The van der Waals surface area contributed by atoms with Gasteiger partial charge in [0.1, 0.15) is 11.9 Å². The fourth-order valence-corrected chi connectivity index (χ4v) is 3.58. The van der Waals surface area contributed by atoms with Crippen LogP contribution in [0.2, 0.25) is 0 Å². The lowest BCUT2D eigenvalue weighted by Gasteiger charge is -2.37. The third-order valence-corrected chi connectivity index (χ3v) is 5.41. The summed E-state index contributed by atoms with van der Waals surface area (Å²) in [5.74, 6) is 0.0213. The molecule has 0 aliphatic carbocycles. The minimum absolute atomic E-state index is 0.0690. The Bertz CT molecular complexity index is 919. The molecule has 2 amide bonds. The topological polar surface area (TPSA) is 95.0 Å². The molecule has 0 unspecified atom stereocenters. The molecule has 0 saturated carbocycles. The number of benzene rings is 1. The van der Waals surface area contributed by atoms with Gasteiger partial charge in [-0.05, 0) is 51.4 Å². The van der Waals surface area contributed by atoms with Gasteiger partial charge in [-0.3, -0.25) is 14.6 Å². The second-order valence-electron chi connectivity index (χ2n) is 8.29. The van der Waals surface area contributed by atoms with Gasteiger partial charge in [-0.15, -0.1) is 0 Å². The molecule has 1 aromatic heterocycles. The van der Waals surface area contributed by atoms with E-state index in [0.717, 1.165) is 0 Å². The number of rotatable bonds is 6. The number of nitrogens with zero attached hydrogens (tertiary/aromatic N) is 3. The number of fused-ring (bicyclic) bond motifs is 1. The van der Waals surface area contributed by atoms with E-state index in [9.17, 15) is 14.7 Å². The maximum absolute atomic E-state index is 13.4. The van der Waals surface area contributed by atoms with Gasteiger partial charge in [0.05, 0.1) is 18.2 Å². The Balaban J connectivity index is 1.95. The highest BCUT2D eigenvalue weighted by molar-refractivity contribution is 6.05. The molecule has 1 aliphatic rings. The van der Waals surface area contributed by atoms with Gasteiger partial charge in [0, 0.05) is 42.7 Å². The molecule has 8 heteroatoms. The number of carbonyl (C=O) groups is 2. The van der Waals surface area contributed by atoms with Crippen LogP contribution in [-0.4, -0.2) is 77.6 Å². The second kappa shape index (κ2) is 9.89. The lowest BCUT2D eigenvalue weighted by molar-refractivity contribution is 0.0363. The van der Waals surface area contributed by atoms with E-state index >= 15 is 0 Å². The smallest absolute Gasteiger partial charge is 0.258 e. The van der Waals surface area contributed by atoms with Gasteiger partial charge in [-0.25, -0.2) is 0 Å². The van der Waals surface area contributed by atoms with Crippen LogP contribution in [0, 0.1) is 5.92 Å². The zero-order valence-corrected chi connectivity index (χ0v) is 18.4. The highest BCUT2D eigenvalue weighted by Gasteiger charge is 2.33. The zero-order chi connectivity index (χ0) is 22.5. The third-order valence-electron chi connectivity index (χ3n) is 5.41. The number of ether oxygens (including phenoxy) is 1. The summed E-state index contributed by atoms with van der Waals surface area (Å²) in [7, 11) is 3.96. The number of amides is 2. The first-order valence-corrected chi connectivity index (χ1v) is 10.4. The fourth-order valence-electron chi connectivity index (χ4n) is 3.58. The van der Waals surface area contributed by atoms with Crippen molar-refractivity contribution in [3.8, 4) is 5.75 Å². The molecule has 8 nitrogen and oxygen atoms in total. The number of aliphatic hydroxyl groups excluding tert-OH is 1.